The molecule has 6 nitrogen and oxygen atoms in total. The highest BCUT2D eigenvalue weighted by molar-refractivity contribution is 9.08. The maximum absolute atomic E-state index is 14.4. The van der Waals surface area contributed by atoms with Gasteiger partial charge in [0.2, 0.25) is 0 Å². The zero-order chi connectivity index (χ0) is 20.5. The van der Waals surface area contributed by atoms with Gasteiger partial charge in [0.15, 0.2) is 5.15 Å². The molecule has 0 amide bonds. The van der Waals surface area contributed by atoms with Gasteiger partial charge in [-0.25, -0.2) is 9.07 Å². The molecule has 0 unspecified atom stereocenters. The number of hydrogen-bond donors (Lipinski definition) is 0. The number of rotatable bonds is 7. The summed E-state index contributed by atoms with van der Waals surface area (Å²) in [4.78, 5) is 12.7. The van der Waals surface area contributed by atoms with Gasteiger partial charge in [0.05, 0.1) is 5.52 Å². The number of aromatic nitrogens is 4. The quantitative estimate of drug-likeness (QED) is 0.278. The molecule has 0 saturated carbocycles. The van der Waals surface area contributed by atoms with Gasteiger partial charge in [0.1, 0.15) is 23.8 Å². The van der Waals surface area contributed by atoms with Crippen LogP contribution in [0, 0.1) is 5.82 Å². The normalized spacial score (nSPS) is 12.1. The van der Waals surface area contributed by atoms with Crippen LogP contribution in [0.5, 0.6) is 0 Å². The second kappa shape index (κ2) is 8.44. The van der Waals surface area contributed by atoms with Gasteiger partial charge in [-0.15, -0.1) is 0 Å². The molecule has 0 radical (unpaired) electrons. The fourth-order valence-electron chi connectivity index (χ4n) is 2.69. The molecule has 3 rings (SSSR count). The van der Waals surface area contributed by atoms with Crippen molar-refractivity contribution < 1.29 is 9.13 Å². The second-order valence-electron chi connectivity index (χ2n) is 7.65. The van der Waals surface area contributed by atoms with Crippen LogP contribution in [0.3, 0.4) is 0 Å². The average Bonchev–Trinajstić information content (AvgIpc) is 2.92. The molecule has 0 spiro atoms. The first-order valence-corrected chi connectivity index (χ1v) is 14.0. The largest absolute Gasteiger partial charge is 0.360 e. The van der Waals surface area contributed by atoms with Crippen molar-refractivity contribution in [3.05, 3.63) is 51.2 Å². The number of ether oxygens (including phenoxy) is 1. The Hall–Kier alpha value is -1.55. The summed E-state index contributed by atoms with van der Waals surface area (Å²) in [5, 5.41) is 9.01. The Labute approximate surface area is 176 Å². The van der Waals surface area contributed by atoms with Crippen LogP contribution >= 0.6 is 27.5 Å². The average molecular weight is 488 g/mol. The minimum Gasteiger partial charge on any atom is -0.360 e. The second-order valence-corrected chi connectivity index (χ2v) is 14.2. The van der Waals surface area contributed by atoms with Gasteiger partial charge in [0, 0.05) is 26.1 Å². The van der Waals surface area contributed by atoms with E-state index in [0.717, 1.165) is 10.7 Å². The first-order valence-electron chi connectivity index (χ1n) is 8.79. The number of nitrogens with zero attached hydrogens (tertiary/aromatic N) is 4. The van der Waals surface area contributed by atoms with Crippen molar-refractivity contribution in [2.75, 3.05) is 6.61 Å². The van der Waals surface area contributed by atoms with Gasteiger partial charge in [-0.3, -0.25) is 4.79 Å². The van der Waals surface area contributed by atoms with Crippen LogP contribution in [-0.4, -0.2) is 34.2 Å². The fraction of sp³-hybridized carbons (Fsp3) is 0.389. The lowest BCUT2D eigenvalue weighted by Crippen LogP contribution is -2.23. The third kappa shape index (κ3) is 4.53. The molecule has 2 aromatic heterocycles. The predicted molar refractivity (Wildman–Crippen MR) is 115 cm³/mol. The van der Waals surface area contributed by atoms with Crippen molar-refractivity contribution in [3.63, 3.8) is 0 Å². The zero-order valence-electron chi connectivity index (χ0n) is 15.9. The summed E-state index contributed by atoms with van der Waals surface area (Å²) in [7, 11) is -1.20. The van der Waals surface area contributed by atoms with E-state index in [-0.39, 0.29) is 17.6 Å². The molecule has 10 heteroatoms. The summed E-state index contributed by atoms with van der Waals surface area (Å²) < 4.78 is 22.7. The van der Waals surface area contributed by atoms with Gasteiger partial charge in [-0.1, -0.05) is 59.3 Å². The van der Waals surface area contributed by atoms with Crippen molar-refractivity contribution in [2.24, 2.45) is 0 Å². The molecule has 150 valence electrons. The van der Waals surface area contributed by atoms with E-state index in [9.17, 15) is 9.18 Å². The molecule has 0 aliphatic carbocycles. The van der Waals surface area contributed by atoms with E-state index >= 15 is 0 Å². The standard InChI is InChI=1S/C18H21BrClFN4O2Si/c1-28(2,3)8-7-27-11-24-14-9-15(26)25(22-16(14)18(20)23-24)17-12(10-19)5-4-6-13(17)21/h4-6,9H,7-8,10-11H2,1-3H3. The number of benzene rings is 1. The van der Waals surface area contributed by atoms with Crippen molar-refractivity contribution in [3.8, 4) is 5.69 Å². The highest BCUT2D eigenvalue weighted by atomic mass is 79.9. The number of hydrogen-bond acceptors (Lipinski definition) is 4. The van der Waals surface area contributed by atoms with Gasteiger partial charge in [-0.05, 0) is 17.7 Å². The summed E-state index contributed by atoms with van der Waals surface area (Å²) in [6.45, 7) is 7.60. The van der Waals surface area contributed by atoms with Crippen LogP contribution in [0.1, 0.15) is 5.56 Å². The maximum Gasteiger partial charge on any atom is 0.273 e. The van der Waals surface area contributed by atoms with Gasteiger partial charge < -0.3 is 4.74 Å². The first-order chi connectivity index (χ1) is 13.2. The van der Waals surface area contributed by atoms with Crippen molar-refractivity contribution in [1.29, 1.82) is 0 Å². The molecule has 3 aromatic rings. The smallest absolute Gasteiger partial charge is 0.273 e. The Morgan fingerprint density at radius 3 is 2.71 bits per heavy atom. The number of para-hydroxylation sites is 1. The van der Waals surface area contributed by atoms with Crippen molar-refractivity contribution >= 4 is 46.6 Å². The summed E-state index contributed by atoms with van der Waals surface area (Å²) in [6, 6.07) is 6.98. The monoisotopic (exact) mass is 486 g/mol. The molecule has 1 aromatic carbocycles. The van der Waals surface area contributed by atoms with Crippen LogP contribution in [0.15, 0.2) is 29.1 Å². The fourth-order valence-corrected chi connectivity index (χ4v) is 4.13. The minimum atomic E-state index is -1.20. The van der Waals surface area contributed by atoms with Crippen molar-refractivity contribution in [2.45, 2.75) is 37.7 Å². The molecule has 0 N–H and O–H groups in total. The molecule has 0 aliphatic rings. The third-order valence-electron chi connectivity index (χ3n) is 4.23. The third-order valence-corrected chi connectivity index (χ3v) is 6.79. The van der Waals surface area contributed by atoms with Crippen molar-refractivity contribution in [1.82, 2.24) is 19.6 Å². The number of alkyl halides is 1. The lowest BCUT2D eigenvalue weighted by molar-refractivity contribution is 0.0817. The van der Waals surface area contributed by atoms with Crippen LogP contribution in [-0.2, 0) is 16.8 Å². The highest BCUT2D eigenvalue weighted by Crippen LogP contribution is 2.23. The van der Waals surface area contributed by atoms with E-state index in [1.54, 1.807) is 12.1 Å². The Balaban J connectivity index is 1.97. The SMILES string of the molecule is C[Si](C)(C)CCOCn1nc(Cl)c2nn(-c3c(F)cccc3CBr)c(=O)cc21. The summed E-state index contributed by atoms with van der Waals surface area (Å²) >= 11 is 9.54. The molecule has 0 atom stereocenters. The topological polar surface area (TPSA) is 61.9 Å². The molecule has 28 heavy (non-hydrogen) atoms. The molecule has 0 saturated heterocycles. The lowest BCUT2D eigenvalue weighted by atomic mass is 10.2. The minimum absolute atomic E-state index is 0.0986. The predicted octanol–water partition coefficient (Wildman–Crippen LogP) is 4.58. The van der Waals surface area contributed by atoms with Crippen LogP contribution in [0.4, 0.5) is 4.39 Å². The Bertz CT molecular complexity index is 1060. The van der Waals surface area contributed by atoms with Gasteiger partial charge >= 0.3 is 0 Å². The van der Waals surface area contributed by atoms with E-state index in [2.05, 4.69) is 45.8 Å². The first kappa shape index (κ1) is 21.2. The Morgan fingerprint density at radius 2 is 2.04 bits per heavy atom. The van der Waals surface area contributed by atoms with Crippen LogP contribution in [0.2, 0.25) is 30.8 Å². The van der Waals surface area contributed by atoms with E-state index < -0.39 is 19.5 Å². The molecule has 2 heterocycles. The Kier molecular flexibility index (Phi) is 6.38. The molecule has 0 fully saturated rings. The van der Waals surface area contributed by atoms with Gasteiger partial charge in [0.25, 0.3) is 5.56 Å². The molecular formula is C18H21BrClFN4O2Si. The van der Waals surface area contributed by atoms with E-state index in [0.29, 0.717) is 28.5 Å². The zero-order valence-corrected chi connectivity index (χ0v) is 19.2. The van der Waals surface area contributed by atoms with Crippen LogP contribution in [0.25, 0.3) is 16.7 Å². The lowest BCUT2D eigenvalue weighted by Gasteiger charge is -2.15. The Morgan fingerprint density at radius 1 is 1.29 bits per heavy atom. The molecule has 0 aliphatic heterocycles. The van der Waals surface area contributed by atoms with Crippen LogP contribution < -0.4 is 5.56 Å². The van der Waals surface area contributed by atoms with Gasteiger partial charge in [-0.2, -0.15) is 14.9 Å². The van der Waals surface area contributed by atoms with E-state index in [1.165, 1.54) is 16.8 Å². The summed E-state index contributed by atoms with van der Waals surface area (Å²) in [5.74, 6) is -0.538. The highest BCUT2D eigenvalue weighted by Gasteiger charge is 2.18. The maximum atomic E-state index is 14.4. The molecular weight excluding hydrogens is 467 g/mol. The summed E-state index contributed by atoms with van der Waals surface area (Å²) in [5.41, 5.74) is 1.00. The van der Waals surface area contributed by atoms with E-state index in [1.807, 2.05) is 0 Å². The van der Waals surface area contributed by atoms with E-state index in [4.69, 9.17) is 16.3 Å². The summed E-state index contributed by atoms with van der Waals surface area (Å²) in [6.07, 6.45) is 0. The number of halogens is 3. The molecule has 0 bridgehead atoms. The number of fused-ring (bicyclic) bond motifs is 1.